The van der Waals surface area contributed by atoms with Crippen LogP contribution in [0.3, 0.4) is 0 Å². The summed E-state index contributed by atoms with van der Waals surface area (Å²) in [7, 11) is 0. The highest BCUT2D eigenvalue weighted by molar-refractivity contribution is 8.03. The van der Waals surface area contributed by atoms with Crippen molar-refractivity contribution in [2.24, 2.45) is 73.4 Å². The highest BCUT2D eigenvalue weighted by Gasteiger charge is 2.21. The van der Waals surface area contributed by atoms with Gasteiger partial charge in [0.2, 0.25) is 0 Å². The summed E-state index contributed by atoms with van der Waals surface area (Å²) >= 11 is 28.8. The third kappa shape index (κ3) is 240. The minimum absolute atomic E-state index is 0.420. The minimum atomic E-state index is 0.420. The van der Waals surface area contributed by atoms with Gasteiger partial charge in [-0.2, -0.15) is 165 Å². The summed E-state index contributed by atoms with van der Waals surface area (Å²) in [5, 5.41) is 1.58. The molecular weight excluding hydrogens is 1880 g/mol. The predicted octanol–water partition coefficient (Wildman–Crippen LogP) is 47.3. The molecule has 133 heavy (non-hydrogen) atoms. The van der Waals surface area contributed by atoms with Crippen molar-refractivity contribution in [1.29, 1.82) is 0 Å². The van der Waals surface area contributed by atoms with E-state index in [9.17, 15) is 0 Å². The van der Waals surface area contributed by atoms with E-state index >= 15 is 0 Å². The lowest BCUT2D eigenvalue weighted by atomic mass is 10.0. The summed E-state index contributed by atoms with van der Waals surface area (Å²) in [4.78, 5) is 0. The van der Waals surface area contributed by atoms with Gasteiger partial charge in [0.1, 0.15) is 0 Å². The van der Waals surface area contributed by atoms with Crippen LogP contribution < -0.4 is 0 Å². The van der Waals surface area contributed by atoms with E-state index in [1.165, 1.54) is 199 Å². The van der Waals surface area contributed by atoms with E-state index < -0.39 is 0 Å². The fourth-order valence-electron chi connectivity index (χ4n) is 7.96. The number of hydrogen-bond acceptors (Lipinski definition) is 14. The van der Waals surface area contributed by atoms with Crippen LogP contribution in [0.4, 0.5) is 0 Å². The molecule has 0 aromatic carbocycles. The monoisotopic (exact) mass is 2140 g/mol. The molecule has 0 amide bonds. The van der Waals surface area contributed by atoms with Gasteiger partial charge >= 0.3 is 0 Å². The molecule has 4 unspecified atom stereocenters. The number of rotatable bonds is 41. The smallest absolute Gasteiger partial charge is 0.00778 e. The lowest BCUT2D eigenvalue weighted by molar-refractivity contribution is 0.478. The minimum Gasteiger partial charge on any atom is -0.162 e. The molecule has 0 aromatic rings. The first-order valence-electron chi connectivity index (χ1n) is 54.0. The van der Waals surface area contributed by atoms with Crippen LogP contribution in [0.1, 0.15) is 533 Å². The Bertz CT molecular complexity index is 2120. The zero-order valence-corrected chi connectivity index (χ0v) is 116. The highest BCUT2D eigenvalue weighted by Crippen LogP contribution is 2.34. The highest BCUT2D eigenvalue weighted by atomic mass is 32.2. The van der Waals surface area contributed by atoms with E-state index in [1.807, 2.05) is 47.0 Å². The summed E-state index contributed by atoms with van der Waals surface area (Å²) < 4.78 is 3.19. The second kappa shape index (κ2) is 98.9. The van der Waals surface area contributed by atoms with Gasteiger partial charge in [-0.1, -0.05) is 494 Å². The van der Waals surface area contributed by atoms with E-state index in [-0.39, 0.29) is 0 Å². The van der Waals surface area contributed by atoms with Gasteiger partial charge < -0.3 is 0 Å². The lowest BCUT2D eigenvalue weighted by Crippen LogP contribution is -2.17. The summed E-state index contributed by atoms with van der Waals surface area (Å²) in [6, 6.07) is 0. The maximum Gasteiger partial charge on any atom is 0.00778 e. The number of thioether (sulfide) groups is 14. The third-order valence-corrected chi connectivity index (χ3v) is 38.8. The Kier molecular flexibility index (Phi) is 125. The fraction of sp³-hybridized carbons (Fsp3) is 1.00. The molecule has 0 heterocycles. The summed E-state index contributed by atoms with van der Waals surface area (Å²) in [6.07, 6.45) is 18.9. The molecule has 0 fully saturated rings. The number of hydrogen-bond donors (Lipinski definition) is 0. The van der Waals surface area contributed by atoms with Crippen molar-refractivity contribution in [3.8, 4) is 0 Å². The molecule has 0 saturated heterocycles. The average Bonchev–Trinajstić information content (AvgIpc) is 0.930. The first-order chi connectivity index (χ1) is 59.4. The molecule has 0 aromatic heterocycles. The molecule has 4 atom stereocenters. The fourth-order valence-corrected chi connectivity index (χ4v) is 22.9. The largest absolute Gasteiger partial charge is 0.162 e. The quantitative estimate of drug-likeness (QED) is 0.0534. The summed E-state index contributed by atoms with van der Waals surface area (Å²) in [5.74, 6) is 29.7. The van der Waals surface area contributed by atoms with Crippen molar-refractivity contribution in [1.82, 2.24) is 0 Å². The maximum absolute atomic E-state index is 2.33. The average molecular weight is 2150 g/mol. The van der Waals surface area contributed by atoms with Gasteiger partial charge in [-0.15, -0.1) is 0 Å². The van der Waals surface area contributed by atoms with Crippen LogP contribution in [0.5, 0.6) is 0 Å². The van der Waals surface area contributed by atoms with Gasteiger partial charge in [0.15, 0.2) is 0 Å². The predicted molar refractivity (Wildman–Crippen MR) is 691 cm³/mol. The Morgan fingerprint density at radius 3 is 0.669 bits per heavy atom. The van der Waals surface area contributed by atoms with Crippen molar-refractivity contribution in [3.05, 3.63) is 0 Å². The van der Waals surface area contributed by atoms with Crippen molar-refractivity contribution in [3.63, 3.8) is 0 Å². The second-order valence-corrected chi connectivity index (χ2v) is 75.2. The topological polar surface area (TPSA) is 0 Å². The number of unbranched alkanes of at least 4 members (excludes halogenated alkanes) is 6. The summed E-state index contributed by atoms with van der Waals surface area (Å²) in [6.45, 7) is 146. The Labute approximate surface area is 915 Å². The third-order valence-electron chi connectivity index (χ3n) is 16.0. The SMILES string of the molecule is CC(C)C(C)SC(C)(C)C.CC(C)C(C)SCC(C)(C)C.CC(C)CSC(C)(C)C.CC(C)CSCC(C)(C)C.CCC(C)CSC(C)(C)C.CCC(C)CSCC(C)(C)C.CCCCCSC(C)(C)C.CCCCCSCC(C)(C)C.CCCCSC(C)(C)C.CCCCSCC(C)(C)C.CCCSC(C)(C)C.CCCSCC(C)(C)C.CCSC(C)(C)C.CCSCC(C)(C)C. The normalized spacial score (nSPS) is 13.2. The molecule has 0 bridgehead atoms. The van der Waals surface area contributed by atoms with E-state index in [2.05, 4.69) is 561 Å². The van der Waals surface area contributed by atoms with Gasteiger partial charge in [-0.05, 0) is 221 Å². The zero-order valence-electron chi connectivity index (χ0n) is 105. The van der Waals surface area contributed by atoms with Crippen molar-refractivity contribution < 1.29 is 0 Å². The molecule has 0 nitrogen and oxygen atoms in total. The maximum atomic E-state index is 2.33. The molecule has 0 radical (unpaired) electrons. The molecule has 826 valence electrons. The van der Waals surface area contributed by atoms with E-state index in [0.717, 1.165) is 46.0 Å². The van der Waals surface area contributed by atoms with Gasteiger partial charge in [0.05, 0.1) is 0 Å². The van der Waals surface area contributed by atoms with Crippen LogP contribution in [0.2, 0.25) is 0 Å². The van der Waals surface area contributed by atoms with Crippen LogP contribution in [0.25, 0.3) is 0 Å². The molecule has 0 saturated carbocycles. The van der Waals surface area contributed by atoms with Crippen molar-refractivity contribution in [2.45, 2.75) is 577 Å². The van der Waals surface area contributed by atoms with Crippen LogP contribution in [-0.4, -0.2) is 153 Å². The second-order valence-electron chi connectivity index (χ2n) is 53.4. The zero-order chi connectivity index (χ0) is 109. The summed E-state index contributed by atoms with van der Waals surface area (Å²) in [5.41, 5.74) is 3.53. The van der Waals surface area contributed by atoms with E-state index in [0.29, 0.717) is 71.1 Å². The first-order valence-corrected chi connectivity index (χ1v) is 68.7. The van der Waals surface area contributed by atoms with Gasteiger partial charge in [-0.3, -0.25) is 0 Å². The lowest BCUT2D eigenvalue weighted by Gasteiger charge is -2.25. The molecule has 0 spiro atoms. The van der Waals surface area contributed by atoms with Gasteiger partial charge in [0, 0.05) is 43.7 Å². The molecule has 0 aliphatic heterocycles. The Hall–Kier alpha value is 4.90. The van der Waals surface area contributed by atoms with Gasteiger partial charge in [-0.25, -0.2) is 0 Å². The van der Waals surface area contributed by atoms with Crippen LogP contribution in [0, 0.1) is 73.4 Å². The first kappa shape index (κ1) is 168. The molecule has 0 N–H and O–H groups in total. The Morgan fingerprint density at radius 1 is 0.188 bits per heavy atom. The molecule has 14 heteroatoms. The van der Waals surface area contributed by atoms with Crippen molar-refractivity contribution >= 4 is 165 Å². The van der Waals surface area contributed by atoms with Crippen LogP contribution >= 0.6 is 165 Å². The van der Waals surface area contributed by atoms with Gasteiger partial charge in [0.25, 0.3) is 0 Å². The van der Waals surface area contributed by atoms with Crippen molar-refractivity contribution in [2.75, 3.05) is 109 Å². The molecular formula is C119H266S14. The standard InChI is InChI=1S/3C10H22S.5C9H20S.3C8H18S.2C7H16S.C6H14S/c1-8(2)9(3)11-7-10(4,5)6;1-6-9(2)7-11-8-10(3,4)5;1-5-6-7-8-11-9-10(2,3)4;1-8(2)6-10-7-9(3,4)5;1-7(2)8(3)10-9(4,5)6;1-6-8(2)7-10-9(3,4)5;1-5-6-7-10-8-9(2,3)4;1-5-6-7-8-10-9(2,3)4;1-7(2)6-9-8(3,4)5;1-5-6-9-7-8(2,3)4;1-5-6-7-9-8(2,3)4;1-5-8-6-7(2,3)4;1-5-6-8-7(2,3)4;1-5-7-6(2,3)4/h8-9H,7H2,1-6H3;9H,6-8H2,1-5H3;5-9H2,1-4H3;8H,6-7H2,1-5H3;7-8H,1-6H3;8H,6-7H2,1-5H3;2*5-8H2,1-4H3;7H,6H2,1-5H3;2*5-7H2,1-4H3;2*5-6H2,1-4H3;5H2,1-4H3. The van der Waals surface area contributed by atoms with Crippen LogP contribution in [-0.2, 0) is 0 Å². The van der Waals surface area contributed by atoms with E-state index in [1.54, 1.807) is 0 Å². The molecule has 0 rings (SSSR count). The Balaban J connectivity index is -0.0000000957. The Morgan fingerprint density at radius 2 is 0.444 bits per heavy atom. The van der Waals surface area contributed by atoms with Crippen LogP contribution in [0.15, 0.2) is 0 Å². The van der Waals surface area contributed by atoms with E-state index in [4.69, 9.17) is 0 Å². The molecule has 0 aliphatic carbocycles. The molecule has 0 aliphatic rings.